The molecule has 0 fully saturated rings. The molecule has 1 aromatic rings. The Hall–Kier alpha value is -0.280. The third kappa shape index (κ3) is 3.36. The number of aliphatic hydroxyl groups excluding tert-OH is 1. The van der Waals surface area contributed by atoms with Gasteiger partial charge < -0.3 is 10.0 Å². The Kier molecular flexibility index (Phi) is 5.06. The van der Waals surface area contributed by atoms with Gasteiger partial charge in [0.05, 0.1) is 0 Å². The lowest BCUT2D eigenvalue weighted by Crippen LogP contribution is -2.27. The molecule has 0 heterocycles. The molecule has 0 amide bonds. The molecule has 90 valence electrons. The van der Waals surface area contributed by atoms with E-state index in [4.69, 9.17) is 23.2 Å². The zero-order valence-electron chi connectivity index (χ0n) is 9.74. The minimum Gasteiger partial charge on any atom is -0.396 e. The maximum absolute atomic E-state index is 9.26. The van der Waals surface area contributed by atoms with Crippen LogP contribution in [0.5, 0.6) is 0 Å². The van der Waals surface area contributed by atoms with Crippen molar-refractivity contribution < 1.29 is 5.11 Å². The summed E-state index contributed by atoms with van der Waals surface area (Å²) in [5.41, 5.74) is 1.03. The molecule has 1 N–H and O–H groups in total. The molecule has 1 aromatic carbocycles. The van der Waals surface area contributed by atoms with Gasteiger partial charge in [-0.25, -0.2) is 0 Å². The van der Waals surface area contributed by atoms with Crippen LogP contribution in [-0.2, 0) is 0 Å². The van der Waals surface area contributed by atoms with E-state index in [1.165, 1.54) is 0 Å². The summed E-state index contributed by atoms with van der Waals surface area (Å²) in [5.74, 6) is 0.129. The summed E-state index contributed by atoms with van der Waals surface area (Å²) in [5, 5.41) is 10.5. The van der Waals surface area contributed by atoms with Crippen molar-refractivity contribution in [2.45, 2.75) is 13.0 Å². The average Bonchev–Trinajstić information content (AvgIpc) is 2.15. The Bertz CT molecular complexity index is 335. The number of hydrogen-bond donors (Lipinski definition) is 1. The van der Waals surface area contributed by atoms with E-state index in [-0.39, 0.29) is 18.6 Å². The van der Waals surface area contributed by atoms with E-state index in [1.54, 1.807) is 6.07 Å². The molecule has 16 heavy (non-hydrogen) atoms. The van der Waals surface area contributed by atoms with Crippen molar-refractivity contribution in [2.24, 2.45) is 5.92 Å². The van der Waals surface area contributed by atoms with Crippen molar-refractivity contribution in [2.75, 3.05) is 20.7 Å². The molecule has 0 spiro atoms. The molecule has 4 heteroatoms. The number of hydrogen-bond acceptors (Lipinski definition) is 2. The quantitative estimate of drug-likeness (QED) is 0.900. The van der Waals surface area contributed by atoms with E-state index in [2.05, 4.69) is 4.90 Å². The van der Waals surface area contributed by atoms with Gasteiger partial charge in [0.1, 0.15) is 0 Å². The zero-order chi connectivity index (χ0) is 12.3. The van der Waals surface area contributed by atoms with Crippen LogP contribution in [-0.4, -0.2) is 30.7 Å². The monoisotopic (exact) mass is 261 g/mol. The smallest absolute Gasteiger partial charge is 0.0474 e. The minimum absolute atomic E-state index is 0.112. The highest BCUT2D eigenvalue weighted by Gasteiger charge is 2.21. The van der Waals surface area contributed by atoms with Crippen LogP contribution in [0.1, 0.15) is 18.5 Å². The van der Waals surface area contributed by atoms with Gasteiger partial charge in [0.25, 0.3) is 0 Å². The summed E-state index contributed by atoms with van der Waals surface area (Å²) in [6.07, 6.45) is 0. The molecule has 0 aliphatic heterocycles. The van der Waals surface area contributed by atoms with Gasteiger partial charge in [-0.1, -0.05) is 30.1 Å². The van der Waals surface area contributed by atoms with E-state index in [0.29, 0.717) is 10.0 Å². The van der Waals surface area contributed by atoms with Crippen molar-refractivity contribution in [1.29, 1.82) is 0 Å². The summed E-state index contributed by atoms with van der Waals surface area (Å²) < 4.78 is 0. The third-order valence-electron chi connectivity index (χ3n) is 2.61. The first-order valence-electron chi connectivity index (χ1n) is 5.19. The number of rotatable bonds is 4. The van der Waals surface area contributed by atoms with E-state index < -0.39 is 0 Å². The largest absolute Gasteiger partial charge is 0.396 e. The van der Waals surface area contributed by atoms with Crippen LogP contribution in [0.4, 0.5) is 0 Å². The van der Waals surface area contributed by atoms with Gasteiger partial charge in [0.15, 0.2) is 0 Å². The minimum atomic E-state index is 0.112. The van der Waals surface area contributed by atoms with E-state index in [1.807, 2.05) is 33.2 Å². The predicted octanol–water partition coefficient (Wildman–Crippen LogP) is 3.22. The predicted molar refractivity (Wildman–Crippen MR) is 69.1 cm³/mol. The van der Waals surface area contributed by atoms with Crippen LogP contribution in [0.15, 0.2) is 18.2 Å². The number of halogens is 2. The molecule has 0 saturated heterocycles. The Balaban J connectivity index is 3.10. The highest BCUT2D eigenvalue weighted by Crippen LogP contribution is 2.30. The topological polar surface area (TPSA) is 23.5 Å². The van der Waals surface area contributed by atoms with Crippen LogP contribution in [0.3, 0.4) is 0 Å². The van der Waals surface area contributed by atoms with Gasteiger partial charge >= 0.3 is 0 Å². The Morgan fingerprint density at radius 3 is 2.06 bits per heavy atom. The second-order valence-corrected chi connectivity index (χ2v) is 5.14. The Morgan fingerprint density at radius 2 is 1.69 bits per heavy atom. The van der Waals surface area contributed by atoms with Crippen molar-refractivity contribution in [3.8, 4) is 0 Å². The molecular formula is C12H17Cl2NO. The van der Waals surface area contributed by atoms with Gasteiger partial charge in [0.2, 0.25) is 0 Å². The zero-order valence-corrected chi connectivity index (χ0v) is 11.3. The molecular weight excluding hydrogens is 245 g/mol. The van der Waals surface area contributed by atoms with E-state index in [9.17, 15) is 5.11 Å². The van der Waals surface area contributed by atoms with Crippen molar-refractivity contribution in [3.63, 3.8) is 0 Å². The van der Waals surface area contributed by atoms with Gasteiger partial charge in [-0.3, -0.25) is 0 Å². The van der Waals surface area contributed by atoms with Crippen molar-refractivity contribution in [3.05, 3.63) is 33.8 Å². The molecule has 2 atom stereocenters. The molecule has 0 radical (unpaired) electrons. The molecule has 0 aliphatic rings. The standard InChI is InChI=1S/C12H17Cl2NO/c1-8(7-16)12(15(2)3)9-4-10(13)6-11(14)5-9/h4-6,8,12,16H,7H2,1-3H3. The average molecular weight is 262 g/mol. The van der Waals surface area contributed by atoms with Gasteiger partial charge in [-0.05, 0) is 43.8 Å². The first-order chi connectivity index (χ1) is 7.45. The lowest BCUT2D eigenvalue weighted by atomic mass is 9.94. The Morgan fingerprint density at radius 1 is 1.19 bits per heavy atom. The molecule has 0 aromatic heterocycles. The second-order valence-electron chi connectivity index (χ2n) is 4.27. The molecule has 2 nitrogen and oxygen atoms in total. The number of benzene rings is 1. The molecule has 1 rings (SSSR count). The normalized spacial score (nSPS) is 15.2. The first kappa shape index (κ1) is 13.8. The molecule has 0 aliphatic carbocycles. The highest BCUT2D eigenvalue weighted by molar-refractivity contribution is 6.34. The van der Waals surface area contributed by atoms with Crippen LogP contribution in [0, 0.1) is 5.92 Å². The third-order valence-corrected chi connectivity index (χ3v) is 3.05. The van der Waals surface area contributed by atoms with Crippen LogP contribution >= 0.6 is 23.2 Å². The summed E-state index contributed by atoms with van der Waals surface area (Å²) in [6, 6.07) is 5.61. The molecule has 2 unspecified atom stereocenters. The second kappa shape index (κ2) is 5.87. The maximum Gasteiger partial charge on any atom is 0.0474 e. The summed E-state index contributed by atoms with van der Waals surface area (Å²) in [7, 11) is 3.96. The highest BCUT2D eigenvalue weighted by atomic mass is 35.5. The summed E-state index contributed by atoms with van der Waals surface area (Å²) in [6.45, 7) is 2.13. The van der Waals surface area contributed by atoms with Crippen molar-refractivity contribution >= 4 is 23.2 Å². The summed E-state index contributed by atoms with van der Waals surface area (Å²) in [4.78, 5) is 2.06. The van der Waals surface area contributed by atoms with Gasteiger partial charge in [0, 0.05) is 22.7 Å². The lowest BCUT2D eigenvalue weighted by molar-refractivity contribution is 0.146. The lowest BCUT2D eigenvalue weighted by Gasteiger charge is -2.29. The molecule has 0 bridgehead atoms. The van der Waals surface area contributed by atoms with Crippen molar-refractivity contribution in [1.82, 2.24) is 4.90 Å². The van der Waals surface area contributed by atoms with Crippen LogP contribution < -0.4 is 0 Å². The first-order valence-corrected chi connectivity index (χ1v) is 5.94. The number of aliphatic hydroxyl groups is 1. The summed E-state index contributed by atoms with van der Waals surface area (Å²) >= 11 is 12.0. The molecule has 0 saturated carbocycles. The van der Waals surface area contributed by atoms with E-state index in [0.717, 1.165) is 5.56 Å². The fraction of sp³-hybridized carbons (Fsp3) is 0.500. The Labute approximate surface area is 107 Å². The fourth-order valence-corrected chi connectivity index (χ4v) is 2.52. The number of nitrogens with zero attached hydrogens (tertiary/aromatic N) is 1. The van der Waals surface area contributed by atoms with E-state index >= 15 is 0 Å². The van der Waals surface area contributed by atoms with Crippen LogP contribution in [0.2, 0.25) is 10.0 Å². The van der Waals surface area contributed by atoms with Gasteiger partial charge in [-0.2, -0.15) is 0 Å². The SMILES string of the molecule is CC(CO)C(c1cc(Cl)cc(Cl)c1)N(C)C. The van der Waals surface area contributed by atoms with Gasteiger partial charge in [-0.15, -0.1) is 0 Å². The van der Waals surface area contributed by atoms with Crippen LogP contribution in [0.25, 0.3) is 0 Å². The fourth-order valence-electron chi connectivity index (χ4n) is 1.98. The maximum atomic E-state index is 9.26.